The molecule has 1 fully saturated rings. The first-order chi connectivity index (χ1) is 10.1. The molecular formula is C16H23N3O2. The fourth-order valence-corrected chi connectivity index (χ4v) is 2.55. The molecule has 1 atom stereocenters. The highest BCUT2D eigenvalue weighted by Crippen LogP contribution is 2.14. The average molecular weight is 289 g/mol. The van der Waals surface area contributed by atoms with Crippen molar-refractivity contribution in [2.45, 2.75) is 39.2 Å². The zero-order valence-corrected chi connectivity index (χ0v) is 12.7. The maximum absolute atomic E-state index is 12.6. The molecule has 1 N–H and O–H groups in total. The topological polar surface area (TPSA) is 62.3 Å². The summed E-state index contributed by atoms with van der Waals surface area (Å²) >= 11 is 0. The minimum absolute atomic E-state index is 0.0296. The third-order valence-corrected chi connectivity index (χ3v) is 3.81. The van der Waals surface area contributed by atoms with E-state index in [1.165, 1.54) is 12.6 Å². The Kier molecular flexibility index (Phi) is 5.31. The zero-order valence-electron chi connectivity index (χ0n) is 12.7. The summed E-state index contributed by atoms with van der Waals surface area (Å²) in [6.45, 7) is 5.50. The molecule has 21 heavy (non-hydrogen) atoms. The summed E-state index contributed by atoms with van der Waals surface area (Å²) in [5.41, 5.74) is 0.481. The summed E-state index contributed by atoms with van der Waals surface area (Å²) < 4.78 is 0. The number of piperidine rings is 1. The Morgan fingerprint density at radius 3 is 2.52 bits per heavy atom. The second-order valence-electron chi connectivity index (χ2n) is 5.82. The second kappa shape index (κ2) is 7.20. The molecule has 2 rings (SSSR count). The Morgan fingerprint density at radius 1 is 1.24 bits per heavy atom. The summed E-state index contributed by atoms with van der Waals surface area (Å²) in [4.78, 5) is 30.6. The number of aromatic nitrogens is 1. The number of rotatable bonds is 4. The van der Waals surface area contributed by atoms with Gasteiger partial charge in [-0.3, -0.25) is 14.6 Å². The van der Waals surface area contributed by atoms with Gasteiger partial charge in [-0.2, -0.15) is 0 Å². The van der Waals surface area contributed by atoms with Crippen LogP contribution in [0.15, 0.2) is 24.5 Å². The van der Waals surface area contributed by atoms with E-state index in [2.05, 4.69) is 10.3 Å². The van der Waals surface area contributed by atoms with Crippen molar-refractivity contribution in [3.05, 3.63) is 30.1 Å². The van der Waals surface area contributed by atoms with Gasteiger partial charge in [-0.1, -0.05) is 13.8 Å². The predicted octanol–water partition coefficient (Wildman–Crippen LogP) is 1.85. The van der Waals surface area contributed by atoms with Gasteiger partial charge in [-0.15, -0.1) is 0 Å². The minimum atomic E-state index is -0.476. The number of likely N-dealkylation sites (tertiary alicyclic amines) is 1. The standard InChI is InChI=1S/C16H23N3O2/c1-12(2)14(16(21)19-9-4-3-5-10-19)18-15(20)13-7-6-8-17-11-13/h6-8,11-12,14H,3-5,9-10H2,1-2H3,(H,18,20)/t14-/m1/s1. The quantitative estimate of drug-likeness (QED) is 0.920. The molecule has 0 spiro atoms. The average Bonchev–Trinajstić information content (AvgIpc) is 2.53. The van der Waals surface area contributed by atoms with E-state index in [4.69, 9.17) is 0 Å². The summed E-state index contributed by atoms with van der Waals surface area (Å²) in [5, 5.41) is 2.86. The summed E-state index contributed by atoms with van der Waals surface area (Å²) in [6, 6.07) is 2.94. The van der Waals surface area contributed by atoms with Gasteiger partial charge in [0.15, 0.2) is 0 Å². The Labute approximate surface area is 125 Å². The molecule has 0 unspecified atom stereocenters. The first-order valence-electron chi connectivity index (χ1n) is 7.59. The van der Waals surface area contributed by atoms with Crippen LogP contribution >= 0.6 is 0 Å². The summed E-state index contributed by atoms with van der Waals surface area (Å²) in [5.74, 6) is -0.158. The fraction of sp³-hybridized carbons (Fsp3) is 0.562. The van der Waals surface area contributed by atoms with Crippen LogP contribution in [-0.2, 0) is 4.79 Å². The van der Waals surface area contributed by atoms with Crippen LogP contribution < -0.4 is 5.32 Å². The molecule has 5 heteroatoms. The molecule has 1 aromatic heterocycles. The molecule has 1 aliphatic heterocycles. The highest BCUT2D eigenvalue weighted by atomic mass is 16.2. The number of carbonyl (C=O) groups is 2. The van der Waals surface area contributed by atoms with E-state index >= 15 is 0 Å². The Balaban J connectivity index is 2.05. The zero-order chi connectivity index (χ0) is 15.2. The molecule has 1 aromatic rings. The van der Waals surface area contributed by atoms with Crippen molar-refractivity contribution in [1.82, 2.24) is 15.2 Å². The van der Waals surface area contributed by atoms with E-state index in [0.29, 0.717) is 5.56 Å². The van der Waals surface area contributed by atoms with Gasteiger partial charge in [-0.25, -0.2) is 0 Å². The first kappa shape index (κ1) is 15.5. The number of nitrogens with one attached hydrogen (secondary N) is 1. The molecule has 1 aliphatic rings. The molecule has 114 valence electrons. The van der Waals surface area contributed by atoms with Crippen molar-refractivity contribution in [3.8, 4) is 0 Å². The van der Waals surface area contributed by atoms with Gasteiger partial charge in [0.25, 0.3) is 5.91 Å². The molecule has 2 heterocycles. The van der Waals surface area contributed by atoms with E-state index in [9.17, 15) is 9.59 Å². The Morgan fingerprint density at radius 2 is 1.95 bits per heavy atom. The number of hydrogen-bond acceptors (Lipinski definition) is 3. The molecule has 0 saturated carbocycles. The van der Waals surface area contributed by atoms with Crippen LogP contribution in [0.1, 0.15) is 43.5 Å². The van der Waals surface area contributed by atoms with Gasteiger partial charge in [0, 0.05) is 25.5 Å². The van der Waals surface area contributed by atoms with Crippen molar-refractivity contribution >= 4 is 11.8 Å². The van der Waals surface area contributed by atoms with Crippen LogP contribution in [0.5, 0.6) is 0 Å². The predicted molar refractivity (Wildman–Crippen MR) is 80.8 cm³/mol. The van der Waals surface area contributed by atoms with Gasteiger partial charge in [0.2, 0.25) is 5.91 Å². The molecule has 5 nitrogen and oxygen atoms in total. The van der Waals surface area contributed by atoms with Crippen molar-refractivity contribution in [2.24, 2.45) is 5.92 Å². The molecule has 2 amide bonds. The van der Waals surface area contributed by atoms with Gasteiger partial charge in [-0.05, 0) is 37.3 Å². The SMILES string of the molecule is CC(C)[C@@H](NC(=O)c1cccnc1)C(=O)N1CCCCC1. The van der Waals surface area contributed by atoms with E-state index in [-0.39, 0.29) is 17.7 Å². The number of amides is 2. The lowest BCUT2D eigenvalue weighted by atomic mass is 10.0. The van der Waals surface area contributed by atoms with Crippen LogP contribution in [0.4, 0.5) is 0 Å². The molecule has 0 aromatic carbocycles. The van der Waals surface area contributed by atoms with Gasteiger partial charge < -0.3 is 10.2 Å². The lowest BCUT2D eigenvalue weighted by Crippen LogP contribution is -2.52. The normalized spacial score (nSPS) is 16.6. The summed E-state index contributed by atoms with van der Waals surface area (Å²) in [6.07, 6.45) is 6.41. The van der Waals surface area contributed by atoms with Crippen molar-refractivity contribution in [2.75, 3.05) is 13.1 Å². The first-order valence-corrected chi connectivity index (χ1v) is 7.59. The molecular weight excluding hydrogens is 266 g/mol. The Hall–Kier alpha value is -1.91. The van der Waals surface area contributed by atoms with Crippen LogP contribution in [0.3, 0.4) is 0 Å². The molecule has 1 saturated heterocycles. The maximum atomic E-state index is 12.6. The van der Waals surface area contributed by atoms with Gasteiger partial charge in [0.05, 0.1) is 5.56 Å². The second-order valence-corrected chi connectivity index (χ2v) is 5.82. The van der Waals surface area contributed by atoms with E-state index in [1.807, 2.05) is 18.7 Å². The molecule has 0 radical (unpaired) electrons. The van der Waals surface area contributed by atoms with Crippen LogP contribution in [0.2, 0.25) is 0 Å². The lowest BCUT2D eigenvalue weighted by Gasteiger charge is -2.32. The molecule has 0 aliphatic carbocycles. The van der Waals surface area contributed by atoms with Gasteiger partial charge in [0.1, 0.15) is 6.04 Å². The van der Waals surface area contributed by atoms with Crippen LogP contribution in [0, 0.1) is 5.92 Å². The number of nitrogens with zero attached hydrogens (tertiary/aromatic N) is 2. The third-order valence-electron chi connectivity index (χ3n) is 3.81. The van der Waals surface area contributed by atoms with E-state index < -0.39 is 6.04 Å². The van der Waals surface area contributed by atoms with E-state index in [1.54, 1.807) is 18.3 Å². The fourth-order valence-electron chi connectivity index (χ4n) is 2.55. The lowest BCUT2D eigenvalue weighted by molar-refractivity contribution is -0.135. The monoisotopic (exact) mass is 289 g/mol. The maximum Gasteiger partial charge on any atom is 0.253 e. The van der Waals surface area contributed by atoms with Crippen molar-refractivity contribution < 1.29 is 9.59 Å². The minimum Gasteiger partial charge on any atom is -0.341 e. The third kappa shape index (κ3) is 4.03. The number of carbonyl (C=O) groups excluding carboxylic acids is 2. The highest BCUT2D eigenvalue weighted by Gasteiger charge is 2.29. The number of hydrogen-bond donors (Lipinski definition) is 1. The molecule has 0 bridgehead atoms. The Bertz CT molecular complexity index is 482. The van der Waals surface area contributed by atoms with Crippen LogP contribution in [-0.4, -0.2) is 40.8 Å². The van der Waals surface area contributed by atoms with Crippen LogP contribution in [0.25, 0.3) is 0 Å². The number of pyridine rings is 1. The highest BCUT2D eigenvalue weighted by molar-refractivity contribution is 5.97. The van der Waals surface area contributed by atoms with Gasteiger partial charge >= 0.3 is 0 Å². The van der Waals surface area contributed by atoms with E-state index in [0.717, 1.165) is 25.9 Å². The smallest absolute Gasteiger partial charge is 0.253 e. The summed E-state index contributed by atoms with van der Waals surface area (Å²) in [7, 11) is 0. The largest absolute Gasteiger partial charge is 0.341 e. The van der Waals surface area contributed by atoms with Crippen molar-refractivity contribution in [1.29, 1.82) is 0 Å². The van der Waals surface area contributed by atoms with Crippen molar-refractivity contribution in [3.63, 3.8) is 0 Å².